The number of oxime groups is 1. The molecule has 0 saturated carbocycles. The van der Waals surface area contributed by atoms with Gasteiger partial charge < -0.3 is 15.8 Å². The molecule has 5 nitrogen and oxygen atoms in total. The molecule has 1 aromatic carbocycles. The van der Waals surface area contributed by atoms with E-state index < -0.39 is 0 Å². The molecule has 0 aliphatic carbocycles. The van der Waals surface area contributed by atoms with Crippen molar-refractivity contribution in [3.8, 4) is 0 Å². The van der Waals surface area contributed by atoms with Gasteiger partial charge in [-0.3, -0.25) is 4.79 Å². The van der Waals surface area contributed by atoms with E-state index in [1.54, 1.807) is 42.8 Å². The van der Waals surface area contributed by atoms with Crippen LogP contribution >= 0.6 is 22.9 Å². The highest BCUT2D eigenvalue weighted by Crippen LogP contribution is 2.25. The Bertz CT molecular complexity index is 652. The summed E-state index contributed by atoms with van der Waals surface area (Å²) in [5, 5.41) is 13.7. The number of anilines is 1. The lowest BCUT2D eigenvalue weighted by Gasteiger charge is -2.17. The number of benzene rings is 1. The average molecular weight is 310 g/mol. The third kappa shape index (κ3) is 2.76. The van der Waals surface area contributed by atoms with Crippen molar-refractivity contribution in [3.63, 3.8) is 0 Å². The Morgan fingerprint density at radius 3 is 2.50 bits per heavy atom. The topological polar surface area (TPSA) is 78.9 Å². The molecule has 0 bridgehead atoms. The maximum absolute atomic E-state index is 12.3. The highest BCUT2D eigenvalue weighted by atomic mass is 35.5. The molecule has 1 amide bonds. The first-order valence-electron chi connectivity index (χ1n) is 5.63. The van der Waals surface area contributed by atoms with Gasteiger partial charge in [0.2, 0.25) is 0 Å². The third-order valence-electron chi connectivity index (χ3n) is 2.77. The number of amidine groups is 1. The number of halogens is 1. The number of carbonyl (C=O) groups is 1. The lowest BCUT2D eigenvalue weighted by Crippen LogP contribution is -2.25. The van der Waals surface area contributed by atoms with Crippen LogP contribution in [0.4, 0.5) is 5.69 Å². The molecule has 0 atom stereocenters. The Labute approximate surface area is 124 Å². The number of hydrogen-bond donors (Lipinski definition) is 2. The van der Waals surface area contributed by atoms with E-state index >= 15 is 0 Å². The molecule has 7 heteroatoms. The van der Waals surface area contributed by atoms with Gasteiger partial charge in [0.1, 0.15) is 4.88 Å². The lowest BCUT2D eigenvalue weighted by atomic mass is 10.2. The molecule has 0 fully saturated rings. The van der Waals surface area contributed by atoms with E-state index in [1.807, 2.05) is 0 Å². The zero-order chi connectivity index (χ0) is 14.7. The summed E-state index contributed by atoms with van der Waals surface area (Å²) in [7, 11) is 1.66. The standard InChI is InChI=1S/C13H12ClN3O2S/c1-17(13(18)11-10(14)6-7-20-11)9-4-2-8(3-5-9)12(15)16-19/h2-7,19H,1H3,(H2,15,16). The molecule has 0 aliphatic heterocycles. The molecule has 3 N–H and O–H groups in total. The van der Waals surface area contributed by atoms with E-state index in [1.165, 1.54) is 16.2 Å². The third-order valence-corrected chi connectivity index (χ3v) is 4.10. The van der Waals surface area contributed by atoms with Crippen LogP contribution in [0, 0.1) is 0 Å². The van der Waals surface area contributed by atoms with Crippen molar-refractivity contribution in [1.29, 1.82) is 0 Å². The van der Waals surface area contributed by atoms with Gasteiger partial charge in [0, 0.05) is 18.3 Å². The SMILES string of the molecule is CN(C(=O)c1sccc1Cl)c1ccc(/C(N)=N/O)cc1. The molecule has 1 aromatic heterocycles. The van der Waals surface area contributed by atoms with E-state index in [2.05, 4.69) is 5.16 Å². The summed E-state index contributed by atoms with van der Waals surface area (Å²) < 4.78 is 0. The first kappa shape index (κ1) is 14.4. The van der Waals surface area contributed by atoms with Crippen LogP contribution in [0.25, 0.3) is 0 Å². The van der Waals surface area contributed by atoms with Crippen molar-refractivity contribution < 1.29 is 10.0 Å². The largest absolute Gasteiger partial charge is 0.409 e. The van der Waals surface area contributed by atoms with E-state index in [4.69, 9.17) is 22.5 Å². The number of rotatable bonds is 3. The maximum atomic E-state index is 12.3. The van der Waals surface area contributed by atoms with Crippen LogP contribution in [0.5, 0.6) is 0 Å². The van der Waals surface area contributed by atoms with Gasteiger partial charge in [0.25, 0.3) is 5.91 Å². The van der Waals surface area contributed by atoms with Crippen molar-refractivity contribution in [2.75, 3.05) is 11.9 Å². The van der Waals surface area contributed by atoms with Gasteiger partial charge >= 0.3 is 0 Å². The summed E-state index contributed by atoms with van der Waals surface area (Å²) in [5.74, 6) is -0.159. The second-order valence-electron chi connectivity index (χ2n) is 3.99. The zero-order valence-electron chi connectivity index (χ0n) is 10.6. The lowest BCUT2D eigenvalue weighted by molar-refractivity contribution is 0.0997. The Kier molecular flexibility index (Phi) is 4.26. The maximum Gasteiger partial charge on any atom is 0.269 e. The monoisotopic (exact) mass is 309 g/mol. The molecule has 0 spiro atoms. The highest BCUT2D eigenvalue weighted by Gasteiger charge is 2.17. The normalized spacial score (nSPS) is 11.4. The number of nitrogens with two attached hydrogens (primary N) is 1. The molecule has 104 valence electrons. The number of nitrogens with zero attached hydrogens (tertiary/aromatic N) is 2. The number of thiophene rings is 1. The number of hydrogen-bond acceptors (Lipinski definition) is 4. The van der Waals surface area contributed by atoms with Crippen LogP contribution in [-0.2, 0) is 0 Å². The van der Waals surface area contributed by atoms with Crippen molar-refractivity contribution in [1.82, 2.24) is 0 Å². The summed E-state index contributed by atoms with van der Waals surface area (Å²) in [6, 6.07) is 8.46. The van der Waals surface area contributed by atoms with Crippen LogP contribution in [-0.4, -0.2) is 24.0 Å². The highest BCUT2D eigenvalue weighted by molar-refractivity contribution is 7.12. The van der Waals surface area contributed by atoms with Crippen molar-refractivity contribution in [2.24, 2.45) is 10.9 Å². The van der Waals surface area contributed by atoms with Crippen molar-refractivity contribution >= 4 is 40.4 Å². The fourth-order valence-electron chi connectivity index (χ4n) is 1.63. The Balaban J connectivity index is 2.24. The molecule has 0 aliphatic rings. The zero-order valence-corrected chi connectivity index (χ0v) is 12.1. The van der Waals surface area contributed by atoms with E-state index in [-0.39, 0.29) is 11.7 Å². The van der Waals surface area contributed by atoms with Crippen molar-refractivity contribution in [2.45, 2.75) is 0 Å². The molecule has 0 radical (unpaired) electrons. The second kappa shape index (κ2) is 5.94. The molecule has 2 rings (SSSR count). The Morgan fingerprint density at radius 2 is 2.00 bits per heavy atom. The van der Waals surface area contributed by atoms with Crippen LogP contribution in [0.2, 0.25) is 5.02 Å². The van der Waals surface area contributed by atoms with E-state index in [0.29, 0.717) is 21.2 Å². The van der Waals surface area contributed by atoms with Gasteiger partial charge in [-0.25, -0.2) is 0 Å². The molecule has 1 heterocycles. The minimum absolute atomic E-state index is 0.0202. The van der Waals surface area contributed by atoms with E-state index in [9.17, 15) is 4.79 Å². The van der Waals surface area contributed by atoms with Gasteiger partial charge in [-0.15, -0.1) is 11.3 Å². The fraction of sp³-hybridized carbons (Fsp3) is 0.0769. The Morgan fingerprint density at radius 1 is 1.35 bits per heavy atom. The average Bonchev–Trinajstić information content (AvgIpc) is 2.91. The minimum Gasteiger partial charge on any atom is -0.409 e. The molecule has 20 heavy (non-hydrogen) atoms. The quantitative estimate of drug-likeness (QED) is 0.396. The van der Waals surface area contributed by atoms with E-state index in [0.717, 1.165) is 0 Å². The summed E-state index contributed by atoms with van der Waals surface area (Å²) >= 11 is 7.25. The summed E-state index contributed by atoms with van der Waals surface area (Å²) in [4.78, 5) is 14.3. The molecule has 0 unspecified atom stereocenters. The molecular formula is C13H12ClN3O2S. The van der Waals surface area contributed by atoms with Gasteiger partial charge in [-0.1, -0.05) is 16.8 Å². The van der Waals surface area contributed by atoms with Gasteiger partial charge in [0.05, 0.1) is 5.02 Å². The van der Waals surface area contributed by atoms with Crippen LogP contribution in [0.1, 0.15) is 15.2 Å². The number of amides is 1. The van der Waals surface area contributed by atoms with Gasteiger partial charge in [0.15, 0.2) is 5.84 Å². The van der Waals surface area contributed by atoms with Crippen molar-refractivity contribution in [3.05, 3.63) is 51.2 Å². The van der Waals surface area contributed by atoms with Gasteiger partial charge in [-0.2, -0.15) is 0 Å². The summed E-state index contributed by atoms with van der Waals surface area (Å²) in [6.45, 7) is 0. The van der Waals surface area contributed by atoms with Crippen LogP contribution in [0.3, 0.4) is 0 Å². The number of carbonyl (C=O) groups excluding carboxylic acids is 1. The summed E-state index contributed by atoms with van der Waals surface area (Å²) in [5.41, 5.74) is 6.75. The molecule has 2 aromatic rings. The van der Waals surface area contributed by atoms with Crippen LogP contribution in [0.15, 0.2) is 40.9 Å². The first-order chi connectivity index (χ1) is 9.54. The first-order valence-corrected chi connectivity index (χ1v) is 6.89. The smallest absolute Gasteiger partial charge is 0.269 e. The predicted octanol–water partition coefficient (Wildman–Crippen LogP) is 2.77. The van der Waals surface area contributed by atoms with Crippen LogP contribution < -0.4 is 10.6 Å². The molecule has 0 saturated heterocycles. The molecular weight excluding hydrogens is 298 g/mol. The summed E-state index contributed by atoms with van der Waals surface area (Å²) in [6.07, 6.45) is 0. The predicted molar refractivity (Wildman–Crippen MR) is 81.0 cm³/mol. The second-order valence-corrected chi connectivity index (χ2v) is 5.32. The van der Waals surface area contributed by atoms with Gasteiger partial charge in [-0.05, 0) is 35.7 Å². The minimum atomic E-state index is -0.179. The Hall–Kier alpha value is -2.05. The fourth-order valence-corrected chi connectivity index (χ4v) is 2.74.